The van der Waals surface area contributed by atoms with Crippen molar-refractivity contribution in [3.8, 4) is 0 Å². The lowest BCUT2D eigenvalue weighted by molar-refractivity contribution is 0.154. The maximum Gasteiger partial charge on any atom is 0.128 e. The zero-order chi connectivity index (χ0) is 19.8. The second-order valence-electron chi connectivity index (χ2n) is 7.20. The Labute approximate surface area is 173 Å². The van der Waals surface area contributed by atoms with E-state index in [2.05, 4.69) is 26.2 Å². The van der Waals surface area contributed by atoms with Gasteiger partial charge in [-0.3, -0.25) is 4.90 Å². The Morgan fingerprint density at radius 1 is 1.18 bits per heavy atom. The van der Waals surface area contributed by atoms with Crippen LogP contribution in [0, 0.1) is 0 Å². The molecular formula is C22H30N4OS. The number of anilines is 2. The zero-order valence-electron chi connectivity index (χ0n) is 16.6. The van der Waals surface area contributed by atoms with E-state index in [0.717, 1.165) is 74.0 Å². The molecule has 2 N–H and O–H groups in total. The van der Waals surface area contributed by atoms with Gasteiger partial charge in [0.2, 0.25) is 0 Å². The molecule has 2 aromatic rings. The average Bonchev–Trinajstić information content (AvgIpc) is 2.75. The highest BCUT2D eigenvalue weighted by atomic mass is 32.1. The van der Waals surface area contributed by atoms with Crippen molar-refractivity contribution in [2.24, 2.45) is 0 Å². The van der Waals surface area contributed by atoms with Gasteiger partial charge in [0.05, 0.1) is 11.1 Å². The molecule has 0 spiro atoms. The Morgan fingerprint density at radius 3 is 2.71 bits per heavy atom. The number of benzene rings is 1. The summed E-state index contributed by atoms with van der Waals surface area (Å²) in [6, 6.07) is 14.0. The first-order valence-corrected chi connectivity index (χ1v) is 10.5. The van der Waals surface area contributed by atoms with E-state index < -0.39 is 6.10 Å². The second-order valence-corrected chi connectivity index (χ2v) is 7.69. The molecule has 1 saturated heterocycles. The summed E-state index contributed by atoms with van der Waals surface area (Å²) < 4.78 is 0. The molecule has 2 heterocycles. The predicted molar refractivity (Wildman–Crippen MR) is 120 cm³/mol. The van der Waals surface area contributed by atoms with Crippen molar-refractivity contribution in [1.82, 2.24) is 9.88 Å². The minimum atomic E-state index is -0.438. The monoisotopic (exact) mass is 398 g/mol. The number of rotatable bonds is 8. The van der Waals surface area contributed by atoms with Crippen LogP contribution in [0.15, 0.2) is 48.7 Å². The van der Waals surface area contributed by atoms with Crippen LogP contribution in [0.4, 0.5) is 11.5 Å². The number of nitrogens with zero attached hydrogens (tertiary/aromatic N) is 3. The summed E-state index contributed by atoms with van der Waals surface area (Å²) in [7, 11) is 0. The van der Waals surface area contributed by atoms with E-state index in [-0.39, 0.29) is 0 Å². The van der Waals surface area contributed by atoms with Crippen molar-refractivity contribution in [2.75, 3.05) is 42.9 Å². The van der Waals surface area contributed by atoms with Gasteiger partial charge in [0.25, 0.3) is 0 Å². The predicted octanol–water partition coefficient (Wildman–Crippen LogP) is 3.87. The quantitative estimate of drug-likeness (QED) is 0.659. The third-order valence-electron chi connectivity index (χ3n) is 5.17. The Bertz CT molecular complexity index is 747. The van der Waals surface area contributed by atoms with Crippen molar-refractivity contribution in [1.29, 1.82) is 0 Å². The van der Waals surface area contributed by atoms with Crippen LogP contribution in [0.2, 0.25) is 0 Å². The summed E-state index contributed by atoms with van der Waals surface area (Å²) >= 11 is 5.24. The largest absolute Gasteiger partial charge is 0.388 e. The van der Waals surface area contributed by atoms with Gasteiger partial charge < -0.3 is 15.3 Å². The van der Waals surface area contributed by atoms with Crippen molar-refractivity contribution in [3.63, 3.8) is 0 Å². The Kier molecular flexibility index (Phi) is 7.77. The van der Waals surface area contributed by atoms with Gasteiger partial charge in [0, 0.05) is 38.1 Å². The van der Waals surface area contributed by atoms with Gasteiger partial charge in [-0.05, 0) is 55.6 Å². The number of nitrogens with one attached hydrogen (secondary N) is 1. The molecule has 3 rings (SSSR count). The van der Waals surface area contributed by atoms with Crippen molar-refractivity contribution in [3.05, 3.63) is 54.2 Å². The molecule has 1 aliphatic rings. The fraction of sp³-hybridized carbons (Fsp3) is 0.455. The Hall–Kier alpha value is -2.02. The molecule has 0 bridgehead atoms. The maximum atomic E-state index is 10.6. The topological polar surface area (TPSA) is 51.6 Å². The smallest absolute Gasteiger partial charge is 0.128 e. The van der Waals surface area contributed by atoms with E-state index >= 15 is 0 Å². The van der Waals surface area contributed by atoms with E-state index in [1.165, 1.54) is 0 Å². The molecule has 0 aliphatic carbocycles. The first-order chi connectivity index (χ1) is 13.7. The fourth-order valence-electron chi connectivity index (χ4n) is 3.49. The average molecular weight is 399 g/mol. The molecule has 6 heteroatoms. The second kappa shape index (κ2) is 10.5. The van der Waals surface area contributed by atoms with Gasteiger partial charge in [-0.15, -0.1) is 0 Å². The number of piperazine rings is 1. The highest BCUT2D eigenvalue weighted by molar-refractivity contribution is 7.80. The molecule has 28 heavy (non-hydrogen) atoms. The van der Waals surface area contributed by atoms with Gasteiger partial charge >= 0.3 is 0 Å². The molecule has 0 radical (unpaired) electrons. The lowest BCUT2D eigenvalue weighted by Gasteiger charge is -2.35. The summed E-state index contributed by atoms with van der Waals surface area (Å²) in [5, 5.41) is 13.8. The third kappa shape index (κ3) is 5.99. The van der Waals surface area contributed by atoms with Gasteiger partial charge in [0.1, 0.15) is 5.82 Å². The van der Waals surface area contributed by atoms with Crippen LogP contribution in [0.25, 0.3) is 0 Å². The van der Waals surface area contributed by atoms with E-state index in [0.29, 0.717) is 0 Å². The number of hydrogen-bond donors (Lipinski definition) is 2. The summed E-state index contributed by atoms with van der Waals surface area (Å²) in [4.78, 5) is 10.1. The third-order valence-corrected chi connectivity index (χ3v) is 5.56. The molecule has 1 unspecified atom stereocenters. The van der Waals surface area contributed by atoms with E-state index in [4.69, 9.17) is 12.2 Å². The minimum absolute atomic E-state index is 0.438. The van der Waals surface area contributed by atoms with Crippen LogP contribution in [0.5, 0.6) is 0 Å². The molecule has 150 valence electrons. The molecular weight excluding hydrogens is 368 g/mol. The SMILES string of the molecule is CCC(=S)Nc1cccc(C(O)CCCN2CCN(c3ccccn3)CC2)c1. The highest BCUT2D eigenvalue weighted by Gasteiger charge is 2.18. The summed E-state index contributed by atoms with van der Waals surface area (Å²) in [5.41, 5.74) is 1.90. The van der Waals surface area contributed by atoms with Crippen LogP contribution < -0.4 is 10.2 Å². The minimum Gasteiger partial charge on any atom is -0.388 e. The van der Waals surface area contributed by atoms with Crippen LogP contribution in [-0.4, -0.2) is 52.7 Å². The molecule has 5 nitrogen and oxygen atoms in total. The number of pyridine rings is 1. The zero-order valence-corrected chi connectivity index (χ0v) is 17.4. The lowest BCUT2D eigenvalue weighted by Crippen LogP contribution is -2.46. The van der Waals surface area contributed by atoms with Crippen LogP contribution >= 0.6 is 12.2 Å². The van der Waals surface area contributed by atoms with Gasteiger partial charge in [-0.25, -0.2) is 4.98 Å². The summed E-state index contributed by atoms with van der Waals surface area (Å²) in [6.45, 7) is 7.14. The Balaban J connectivity index is 1.41. The maximum absolute atomic E-state index is 10.6. The Morgan fingerprint density at radius 2 is 2.00 bits per heavy atom. The van der Waals surface area contributed by atoms with E-state index in [9.17, 15) is 5.11 Å². The lowest BCUT2D eigenvalue weighted by atomic mass is 10.0. The number of thiocarbonyl (C=S) groups is 1. The standard InChI is InChI=1S/C22H30N4OS/c1-2-22(28)24-19-8-5-7-18(17-19)20(27)9-6-12-25-13-15-26(16-14-25)21-10-3-4-11-23-21/h3-5,7-8,10-11,17,20,27H,2,6,9,12-16H2,1H3,(H,24,28). The van der Waals surface area contributed by atoms with Crippen molar-refractivity contribution in [2.45, 2.75) is 32.3 Å². The number of aromatic nitrogens is 1. The first-order valence-electron chi connectivity index (χ1n) is 10.1. The molecule has 1 atom stereocenters. The van der Waals surface area contributed by atoms with Crippen LogP contribution in [0.1, 0.15) is 37.9 Å². The molecule has 0 saturated carbocycles. The van der Waals surface area contributed by atoms with E-state index in [1.54, 1.807) is 0 Å². The van der Waals surface area contributed by atoms with Crippen molar-refractivity contribution >= 4 is 28.7 Å². The summed E-state index contributed by atoms with van der Waals surface area (Å²) in [5.74, 6) is 1.06. The normalized spacial score (nSPS) is 16.0. The fourth-order valence-corrected chi connectivity index (χ4v) is 3.61. The van der Waals surface area contributed by atoms with Crippen LogP contribution in [0.3, 0.4) is 0 Å². The molecule has 1 aromatic carbocycles. The number of hydrogen-bond acceptors (Lipinski definition) is 5. The van der Waals surface area contributed by atoms with Gasteiger partial charge in [0.15, 0.2) is 0 Å². The van der Waals surface area contributed by atoms with E-state index in [1.807, 2.05) is 49.5 Å². The van der Waals surface area contributed by atoms with Crippen molar-refractivity contribution < 1.29 is 5.11 Å². The number of aliphatic hydroxyl groups is 1. The highest BCUT2D eigenvalue weighted by Crippen LogP contribution is 2.22. The molecule has 0 amide bonds. The molecule has 1 fully saturated rings. The van der Waals surface area contributed by atoms with Gasteiger partial charge in [-0.2, -0.15) is 0 Å². The van der Waals surface area contributed by atoms with Gasteiger partial charge in [-0.1, -0.05) is 37.3 Å². The summed E-state index contributed by atoms with van der Waals surface area (Å²) in [6.07, 6.45) is 3.98. The number of aliphatic hydroxyl groups excluding tert-OH is 1. The molecule has 1 aliphatic heterocycles. The first kappa shape index (κ1) is 20.7. The van der Waals surface area contributed by atoms with Crippen LogP contribution in [-0.2, 0) is 0 Å². The molecule has 1 aromatic heterocycles.